The highest BCUT2D eigenvalue weighted by Crippen LogP contribution is 2.28. The summed E-state index contributed by atoms with van der Waals surface area (Å²) in [4.78, 5) is 27.2. The number of ketones is 1. The smallest absolute Gasteiger partial charge is 0.409 e. The Hall–Kier alpha value is -1.92. The summed E-state index contributed by atoms with van der Waals surface area (Å²) in [6, 6.07) is 5.60. The van der Waals surface area contributed by atoms with Crippen molar-refractivity contribution in [3.8, 4) is 5.75 Å². The van der Waals surface area contributed by atoms with Gasteiger partial charge in [0.25, 0.3) is 0 Å². The first-order valence-corrected chi connectivity index (χ1v) is 7.76. The van der Waals surface area contributed by atoms with Gasteiger partial charge in [-0.25, -0.2) is 4.79 Å². The van der Waals surface area contributed by atoms with E-state index in [2.05, 4.69) is 11.8 Å². The zero-order valence-electron chi connectivity index (χ0n) is 14.2. The van der Waals surface area contributed by atoms with E-state index in [1.807, 2.05) is 6.07 Å². The van der Waals surface area contributed by atoms with Crippen LogP contribution in [0.1, 0.15) is 35.8 Å². The van der Waals surface area contributed by atoms with E-state index in [4.69, 9.17) is 9.47 Å². The van der Waals surface area contributed by atoms with Gasteiger partial charge >= 0.3 is 6.09 Å². The van der Waals surface area contributed by atoms with Crippen molar-refractivity contribution in [2.75, 3.05) is 40.4 Å². The van der Waals surface area contributed by atoms with Crippen LogP contribution >= 0.6 is 0 Å². The number of rotatable bonds is 4. The van der Waals surface area contributed by atoms with E-state index in [0.717, 1.165) is 31.9 Å². The minimum atomic E-state index is -0.497. The molecule has 1 aromatic rings. The maximum absolute atomic E-state index is 11.8. The van der Waals surface area contributed by atoms with E-state index in [9.17, 15) is 9.59 Å². The number of carbonyl (C=O) groups is 2. The number of amides is 1. The van der Waals surface area contributed by atoms with Crippen LogP contribution in [0.2, 0.25) is 0 Å². The van der Waals surface area contributed by atoms with E-state index >= 15 is 0 Å². The van der Waals surface area contributed by atoms with E-state index in [1.165, 1.54) is 11.8 Å². The summed E-state index contributed by atoms with van der Waals surface area (Å²) in [5, 5.41) is 0. The molecule has 0 aliphatic carbocycles. The van der Waals surface area contributed by atoms with Gasteiger partial charge in [-0.3, -0.25) is 9.69 Å². The lowest BCUT2D eigenvalue weighted by atomic mass is 10.0. The van der Waals surface area contributed by atoms with Crippen LogP contribution < -0.4 is 4.74 Å². The van der Waals surface area contributed by atoms with Crippen molar-refractivity contribution < 1.29 is 19.1 Å². The molecule has 23 heavy (non-hydrogen) atoms. The summed E-state index contributed by atoms with van der Waals surface area (Å²) in [5.41, 5.74) is 1.43. The normalized spacial score (nSPS) is 16.7. The fourth-order valence-electron chi connectivity index (χ4n) is 2.54. The number of benzene rings is 1. The van der Waals surface area contributed by atoms with Gasteiger partial charge in [-0.2, -0.15) is 0 Å². The molecular weight excluding hydrogens is 296 g/mol. The number of morpholine rings is 1. The monoisotopic (exact) mass is 320 g/mol. The topological polar surface area (TPSA) is 59.1 Å². The van der Waals surface area contributed by atoms with Gasteiger partial charge in [0, 0.05) is 33.2 Å². The molecule has 6 heteroatoms. The number of Topliss-reactive ketones (excluding diaryl/α,β-unsaturated/α-hetero) is 1. The Morgan fingerprint density at radius 3 is 2.48 bits per heavy atom. The predicted molar refractivity (Wildman–Crippen MR) is 87.0 cm³/mol. The Morgan fingerprint density at radius 2 is 1.91 bits per heavy atom. The van der Waals surface area contributed by atoms with Crippen LogP contribution in [0.5, 0.6) is 5.75 Å². The highest BCUT2D eigenvalue weighted by Gasteiger charge is 2.21. The van der Waals surface area contributed by atoms with Crippen LogP contribution in [0.25, 0.3) is 0 Å². The molecule has 1 amide bonds. The molecular formula is C17H24N2O4. The third kappa shape index (κ3) is 4.30. The maximum atomic E-state index is 11.8. The fourth-order valence-corrected chi connectivity index (χ4v) is 2.54. The van der Waals surface area contributed by atoms with Crippen molar-refractivity contribution in [1.29, 1.82) is 0 Å². The summed E-state index contributed by atoms with van der Waals surface area (Å²) in [6.45, 7) is 6.74. The van der Waals surface area contributed by atoms with Gasteiger partial charge < -0.3 is 14.4 Å². The summed E-state index contributed by atoms with van der Waals surface area (Å²) in [5.74, 6) is 0.186. The highest BCUT2D eigenvalue weighted by molar-refractivity contribution is 5.97. The first-order chi connectivity index (χ1) is 10.9. The third-order valence-electron chi connectivity index (χ3n) is 4.02. The van der Waals surface area contributed by atoms with Gasteiger partial charge in [-0.05, 0) is 31.5 Å². The molecule has 1 aromatic carbocycles. The molecule has 1 heterocycles. The van der Waals surface area contributed by atoms with E-state index in [1.54, 1.807) is 26.2 Å². The van der Waals surface area contributed by atoms with Crippen LogP contribution in [0, 0.1) is 0 Å². The predicted octanol–water partition coefficient (Wildman–Crippen LogP) is 2.34. The lowest BCUT2D eigenvalue weighted by Gasteiger charge is -2.32. The Kier molecular flexibility index (Phi) is 5.74. The fraction of sp³-hybridized carbons (Fsp3) is 0.529. The number of hydrogen-bond donors (Lipinski definition) is 0. The molecule has 1 aliphatic rings. The Labute approximate surface area is 137 Å². The molecule has 0 saturated carbocycles. The summed E-state index contributed by atoms with van der Waals surface area (Å²) >= 11 is 0. The lowest BCUT2D eigenvalue weighted by molar-refractivity contribution is 0.0198. The molecule has 6 nitrogen and oxygen atoms in total. The van der Waals surface area contributed by atoms with Crippen LogP contribution in [-0.4, -0.2) is 62.1 Å². The maximum Gasteiger partial charge on any atom is 0.414 e. The number of carbonyl (C=O) groups excluding carboxylic acids is 2. The molecule has 1 unspecified atom stereocenters. The molecule has 1 fully saturated rings. The quantitative estimate of drug-likeness (QED) is 0.797. The van der Waals surface area contributed by atoms with Gasteiger partial charge in [0.2, 0.25) is 0 Å². The highest BCUT2D eigenvalue weighted by atomic mass is 16.6. The summed E-state index contributed by atoms with van der Waals surface area (Å²) < 4.78 is 10.7. The van der Waals surface area contributed by atoms with E-state index in [-0.39, 0.29) is 11.8 Å². The molecule has 1 atom stereocenters. The third-order valence-corrected chi connectivity index (χ3v) is 4.02. The van der Waals surface area contributed by atoms with Gasteiger partial charge in [0.1, 0.15) is 5.75 Å². The molecule has 0 N–H and O–H groups in total. The number of nitrogens with zero attached hydrogens (tertiary/aromatic N) is 2. The van der Waals surface area contributed by atoms with Crippen molar-refractivity contribution in [3.05, 3.63) is 29.3 Å². The molecule has 0 aromatic heterocycles. The minimum absolute atomic E-state index is 0.128. The molecule has 0 bridgehead atoms. The van der Waals surface area contributed by atoms with Crippen LogP contribution in [0.4, 0.5) is 4.79 Å². The molecule has 1 aliphatic heterocycles. The number of ether oxygens (including phenoxy) is 2. The van der Waals surface area contributed by atoms with Crippen LogP contribution in [0.3, 0.4) is 0 Å². The second kappa shape index (κ2) is 7.57. The van der Waals surface area contributed by atoms with Crippen molar-refractivity contribution in [2.45, 2.75) is 19.9 Å². The minimum Gasteiger partial charge on any atom is -0.409 e. The SMILES string of the molecule is CC(=O)c1ccc(C(C)N2CCOCC2)cc1OC(=O)N(C)C. The molecule has 0 radical (unpaired) electrons. The zero-order chi connectivity index (χ0) is 17.0. The summed E-state index contributed by atoms with van der Waals surface area (Å²) in [6.07, 6.45) is -0.497. The molecule has 0 spiro atoms. The zero-order valence-corrected chi connectivity index (χ0v) is 14.2. The van der Waals surface area contributed by atoms with Crippen molar-refractivity contribution in [3.63, 3.8) is 0 Å². The Balaban J connectivity index is 2.27. The van der Waals surface area contributed by atoms with E-state index in [0.29, 0.717) is 11.3 Å². The first kappa shape index (κ1) is 17.4. The van der Waals surface area contributed by atoms with E-state index < -0.39 is 6.09 Å². The second-order valence-corrected chi connectivity index (χ2v) is 5.90. The van der Waals surface area contributed by atoms with Gasteiger partial charge in [-0.15, -0.1) is 0 Å². The first-order valence-electron chi connectivity index (χ1n) is 7.76. The largest absolute Gasteiger partial charge is 0.414 e. The van der Waals surface area contributed by atoms with Crippen LogP contribution in [-0.2, 0) is 4.74 Å². The Morgan fingerprint density at radius 1 is 1.26 bits per heavy atom. The second-order valence-electron chi connectivity index (χ2n) is 5.90. The standard InChI is InChI=1S/C17H24N2O4/c1-12(19-7-9-22-10-8-19)14-5-6-15(13(2)20)16(11-14)23-17(21)18(3)4/h5-6,11-12H,7-10H2,1-4H3. The van der Waals surface area contributed by atoms with Gasteiger partial charge in [0.05, 0.1) is 18.8 Å². The molecule has 2 rings (SSSR count). The van der Waals surface area contributed by atoms with Crippen molar-refractivity contribution >= 4 is 11.9 Å². The van der Waals surface area contributed by atoms with Crippen LogP contribution in [0.15, 0.2) is 18.2 Å². The van der Waals surface area contributed by atoms with Gasteiger partial charge in [-0.1, -0.05) is 6.07 Å². The lowest BCUT2D eigenvalue weighted by Crippen LogP contribution is -2.38. The Bertz CT molecular complexity index is 580. The molecule has 126 valence electrons. The molecule has 1 saturated heterocycles. The number of hydrogen-bond acceptors (Lipinski definition) is 5. The van der Waals surface area contributed by atoms with Crippen molar-refractivity contribution in [1.82, 2.24) is 9.80 Å². The van der Waals surface area contributed by atoms with Gasteiger partial charge in [0.15, 0.2) is 5.78 Å². The average molecular weight is 320 g/mol. The van der Waals surface area contributed by atoms with Crippen molar-refractivity contribution in [2.24, 2.45) is 0 Å². The average Bonchev–Trinajstić information content (AvgIpc) is 2.54. The summed E-state index contributed by atoms with van der Waals surface area (Å²) in [7, 11) is 3.21.